The number of nitrogens with zero attached hydrogens (tertiary/aromatic N) is 3. The van der Waals surface area contributed by atoms with Crippen molar-refractivity contribution in [2.24, 2.45) is 0 Å². The first-order valence-electron chi connectivity index (χ1n) is 7.59. The van der Waals surface area contributed by atoms with Crippen molar-refractivity contribution in [1.29, 1.82) is 0 Å². The highest BCUT2D eigenvalue weighted by atomic mass is 16.1. The summed E-state index contributed by atoms with van der Waals surface area (Å²) in [5, 5.41) is 11.4. The molecule has 1 amide bonds. The van der Waals surface area contributed by atoms with E-state index < -0.39 is 0 Å². The van der Waals surface area contributed by atoms with Gasteiger partial charge < -0.3 is 9.88 Å². The predicted octanol–water partition coefficient (Wildman–Crippen LogP) is 1.57. The van der Waals surface area contributed by atoms with E-state index in [1.54, 1.807) is 0 Å². The Balaban J connectivity index is 1.45. The van der Waals surface area contributed by atoms with Crippen LogP contribution in [-0.2, 0) is 30.7 Å². The summed E-state index contributed by atoms with van der Waals surface area (Å²) < 4.78 is 2.13. The molecule has 2 aliphatic rings. The molecule has 1 aliphatic heterocycles. The molecule has 108 valence electrons. The lowest BCUT2D eigenvalue weighted by Crippen LogP contribution is -2.29. The van der Waals surface area contributed by atoms with Crippen LogP contribution < -0.4 is 5.32 Å². The Labute approximate surface area is 123 Å². The average Bonchev–Trinajstić information content (AvgIpc) is 3.20. The molecule has 1 aromatic carbocycles. The summed E-state index contributed by atoms with van der Waals surface area (Å²) in [6.45, 7) is 1.45. The summed E-state index contributed by atoms with van der Waals surface area (Å²) in [4.78, 5) is 12.4. The van der Waals surface area contributed by atoms with Crippen molar-refractivity contribution >= 4 is 5.91 Å². The third kappa shape index (κ3) is 2.13. The molecule has 1 aliphatic carbocycles. The maximum Gasteiger partial charge on any atom is 0.227 e. The molecule has 1 atom stereocenters. The van der Waals surface area contributed by atoms with E-state index in [1.807, 2.05) is 12.1 Å². The molecule has 5 heteroatoms. The Hall–Kier alpha value is -2.17. The monoisotopic (exact) mass is 282 g/mol. The van der Waals surface area contributed by atoms with Crippen molar-refractivity contribution in [1.82, 2.24) is 20.1 Å². The van der Waals surface area contributed by atoms with Crippen LogP contribution in [0.3, 0.4) is 0 Å². The van der Waals surface area contributed by atoms with Gasteiger partial charge in [-0.1, -0.05) is 24.3 Å². The van der Waals surface area contributed by atoms with Crippen molar-refractivity contribution < 1.29 is 4.79 Å². The van der Waals surface area contributed by atoms with Crippen LogP contribution in [0.25, 0.3) is 0 Å². The lowest BCUT2D eigenvalue weighted by atomic mass is 10.0. The highest BCUT2D eigenvalue weighted by molar-refractivity contribution is 5.84. The fraction of sp³-hybridized carbons (Fsp3) is 0.438. The number of aromatic nitrogens is 3. The lowest BCUT2D eigenvalue weighted by Gasteiger charge is -2.12. The molecule has 0 spiro atoms. The summed E-state index contributed by atoms with van der Waals surface area (Å²) in [5.41, 5.74) is 2.49. The van der Waals surface area contributed by atoms with E-state index in [9.17, 15) is 4.79 Å². The molecule has 0 bridgehead atoms. The molecule has 4 rings (SSSR count). The van der Waals surface area contributed by atoms with Gasteiger partial charge in [0.2, 0.25) is 5.91 Å². The van der Waals surface area contributed by atoms with Gasteiger partial charge in [0.15, 0.2) is 5.82 Å². The number of aryl methyl sites for hydroxylation is 2. The number of hydrogen-bond donors (Lipinski definition) is 1. The Bertz CT molecular complexity index is 691. The molecular formula is C16H18N4O. The van der Waals surface area contributed by atoms with Crippen LogP contribution in [0.4, 0.5) is 0 Å². The summed E-state index contributed by atoms with van der Waals surface area (Å²) >= 11 is 0. The Kier molecular flexibility index (Phi) is 2.98. The molecule has 21 heavy (non-hydrogen) atoms. The molecule has 5 nitrogen and oxygen atoms in total. The number of fused-ring (bicyclic) bond motifs is 2. The van der Waals surface area contributed by atoms with Gasteiger partial charge >= 0.3 is 0 Å². The van der Waals surface area contributed by atoms with Gasteiger partial charge in [0.25, 0.3) is 0 Å². The summed E-state index contributed by atoms with van der Waals surface area (Å²) in [7, 11) is 0. The largest absolute Gasteiger partial charge is 0.348 e. The van der Waals surface area contributed by atoms with E-state index in [0.29, 0.717) is 6.54 Å². The van der Waals surface area contributed by atoms with Crippen LogP contribution >= 0.6 is 0 Å². The van der Waals surface area contributed by atoms with E-state index in [0.717, 1.165) is 43.9 Å². The molecule has 1 N–H and O–H groups in total. The fourth-order valence-electron chi connectivity index (χ4n) is 3.46. The zero-order valence-corrected chi connectivity index (χ0v) is 11.9. The number of rotatable bonds is 3. The van der Waals surface area contributed by atoms with Gasteiger partial charge in [0, 0.05) is 13.0 Å². The van der Waals surface area contributed by atoms with Gasteiger partial charge in [-0.15, -0.1) is 10.2 Å². The first-order valence-corrected chi connectivity index (χ1v) is 7.59. The fourth-order valence-corrected chi connectivity index (χ4v) is 3.46. The predicted molar refractivity (Wildman–Crippen MR) is 77.7 cm³/mol. The molecule has 2 heterocycles. The number of nitrogens with one attached hydrogen (secondary N) is 1. The molecule has 1 unspecified atom stereocenters. The first kappa shape index (κ1) is 12.6. The molecule has 2 aromatic rings. The molecular weight excluding hydrogens is 264 g/mol. The third-order valence-electron chi connectivity index (χ3n) is 4.56. The van der Waals surface area contributed by atoms with Crippen LogP contribution in [0.2, 0.25) is 0 Å². The molecule has 0 fully saturated rings. The van der Waals surface area contributed by atoms with Crippen LogP contribution in [0.5, 0.6) is 0 Å². The van der Waals surface area contributed by atoms with Crippen molar-refractivity contribution in [3.8, 4) is 0 Å². The van der Waals surface area contributed by atoms with Gasteiger partial charge in [-0.25, -0.2) is 0 Å². The second-order valence-corrected chi connectivity index (χ2v) is 5.80. The number of benzene rings is 1. The second kappa shape index (κ2) is 4.98. The molecule has 1 aromatic heterocycles. The minimum absolute atomic E-state index is 0.0119. The number of amides is 1. The maximum atomic E-state index is 12.4. The minimum Gasteiger partial charge on any atom is -0.348 e. The van der Waals surface area contributed by atoms with Gasteiger partial charge in [-0.2, -0.15) is 0 Å². The van der Waals surface area contributed by atoms with Crippen molar-refractivity contribution in [2.45, 2.75) is 44.7 Å². The summed E-state index contributed by atoms with van der Waals surface area (Å²) in [5.74, 6) is 2.02. The Morgan fingerprint density at radius 1 is 1.29 bits per heavy atom. The van der Waals surface area contributed by atoms with Crippen LogP contribution in [0.15, 0.2) is 24.3 Å². The van der Waals surface area contributed by atoms with E-state index in [4.69, 9.17) is 0 Å². The van der Waals surface area contributed by atoms with Crippen LogP contribution in [0.1, 0.15) is 41.5 Å². The van der Waals surface area contributed by atoms with Gasteiger partial charge in [0.05, 0.1) is 12.5 Å². The maximum absolute atomic E-state index is 12.4. The molecule has 0 saturated heterocycles. The SMILES string of the molecule is O=C(NCc1nnc2n1CCC2)C1CCc2ccccc21. The van der Waals surface area contributed by atoms with Crippen molar-refractivity contribution in [3.05, 3.63) is 47.0 Å². The summed E-state index contributed by atoms with van der Waals surface area (Å²) in [6.07, 6.45) is 4.02. The zero-order valence-electron chi connectivity index (χ0n) is 11.9. The van der Waals surface area contributed by atoms with E-state index in [1.165, 1.54) is 11.1 Å². The number of carbonyl (C=O) groups excluding carboxylic acids is 1. The smallest absolute Gasteiger partial charge is 0.227 e. The third-order valence-corrected chi connectivity index (χ3v) is 4.56. The first-order chi connectivity index (χ1) is 10.3. The second-order valence-electron chi connectivity index (χ2n) is 5.80. The normalized spacial score (nSPS) is 19.3. The Morgan fingerprint density at radius 3 is 3.14 bits per heavy atom. The number of carbonyl (C=O) groups is 1. The van der Waals surface area contributed by atoms with Crippen molar-refractivity contribution in [2.75, 3.05) is 0 Å². The standard InChI is InChI=1S/C16H18N4O/c21-16(13-8-7-11-4-1-2-5-12(11)13)17-10-15-19-18-14-6-3-9-20(14)15/h1-2,4-5,13H,3,6-10H2,(H,17,21). The van der Waals surface area contributed by atoms with Crippen LogP contribution in [-0.4, -0.2) is 20.7 Å². The highest BCUT2D eigenvalue weighted by Crippen LogP contribution is 2.32. The molecule has 0 saturated carbocycles. The lowest BCUT2D eigenvalue weighted by molar-refractivity contribution is -0.122. The van der Waals surface area contributed by atoms with Crippen molar-refractivity contribution in [3.63, 3.8) is 0 Å². The minimum atomic E-state index is -0.0119. The van der Waals surface area contributed by atoms with Crippen LogP contribution in [0, 0.1) is 0 Å². The highest BCUT2D eigenvalue weighted by Gasteiger charge is 2.28. The molecule has 0 radical (unpaired) electrons. The Morgan fingerprint density at radius 2 is 2.19 bits per heavy atom. The summed E-state index contributed by atoms with van der Waals surface area (Å²) in [6, 6.07) is 8.24. The van der Waals surface area contributed by atoms with E-state index in [2.05, 4.69) is 32.2 Å². The van der Waals surface area contributed by atoms with Gasteiger partial charge in [-0.05, 0) is 30.4 Å². The van der Waals surface area contributed by atoms with E-state index in [-0.39, 0.29) is 11.8 Å². The number of hydrogen-bond acceptors (Lipinski definition) is 3. The topological polar surface area (TPSA) is 59.8 Å². The quantitative estimate of drug-likeness (QED) is 0.929. The van der Waals surface area contributed by atoms with Gasteiger partial charge in [0.1, 0.15) is 5.82 Å². The zero-order chi connectivity index (χ0) is 14.2. The van der Waals surface area contributed by atoms with Gasteiger partial charge in [-0.3, -0.25) is 4.79 Å². The van der Waals surface area contributed by atoms with E-state index >= 15 is 0 Å². The average molecular weight is 282 g/mol.